The Morgan fingerprint density at radius 2 is 2.25 bits per heavy atom. The Morgan fingerprint density at radius 3 is 2.88 bits per heavy atom. The largest absolute Gasteiger partial charge is 0.398 e. The van der Waals surface area contributed by atoms with E-state index in [4.69, 9.17) is 5.73 Å². The van der Waals surface area contributed by atoms with Crippen molar-refractivity contribution in [2.75, 3.05) is 12.3 Å². The van der Waals surface area contributed by atoms with Gasteiger partial charge in [0.1, 0.15) is 0 Å². The Bertz CT molecular complexity index is 402. The summed E-state index contributed by atoms with van der Waals surface area (Å²) < 4.78 is 0.871. The molecule has 1 aromatic carbocycles. The quantitative estimate of drug-likeness (QED) is 0.838. The van der Waals surface area contributed by atoms with Crippen LogP contribution in [0.4, 0.5) is 5.69 Å². The SMILES string of the molecule is Nc1ccc(Br)cc1C(=O)NCC1CCC1. The van der Waals surface area contributed by atoms with E-state index < -0.39 is 0 Å². The van der Waals surface area contributed by atoms with Crippen LogP contribution >= 0.6 is 15.9 Å². The smallest absolute Gasteiger partial charge is 0.253 e. The molecule has 1 saturated carbocycles. The Balaban J connectivity index is 1.99. The topological polar surface area (TPSA) is 55.1 Å². The van der Waals surface area contributed by atoms with Gasteiger partial charge < -0.3 is 11.1 Å². The minimum Gasteiger partial charge on any atom is -0.398 e. The lowest BCUT2D eigenvalue weighted by atomic mass is 9.85. The van der Waals surface area contributed by atoms with Gasteiger partial charge in [-0.25, -0.2) is 0 Å². The van der Waals surface area contributed by atoms with Crippen LogP contribution in [0.1, 0.15) is 29.6 Å². The van der Waals surface area contributed by atoms with E-state index in [-0.39, 0.29) is 5.91 Å². The summed E-state index contributed by atoms with van der Waals surface area (Å²) >= 11 is 3.33. The molecule has 1 fully saturated rings. The average Bonchev–Trinajstić information content (AvgIpc) is 2.19. The maximum atomic E-state index is 11.9. The van der Waals surface area contributed by atoms with Crippen LogP contribution in [-0.4, -0.2) is 12.5 Å². The van der Waals surface area contributed by atoms with Crippen LogP contribution in [0, 0.1) is 5.92 Å². The second kappa shape index (κ2) is 4.87. The van der Waals surface area contributed by atoms with Gasteiger partial charge in [-0.15, -0.1) is 0 Å². The van der Waals surface area contributed by atoms with E-state index in [9.17, 15) is 4.79 Å². The minimum atomic E-state index is -0.0781. The van der Waals surface area contributed by atoms with Gasteiger partial charge in [-0.2, -0.15) is 0 Å². The van der Waals surface area contributed by atoms with E-state index in [0.717, 1.165) is 11.0 Å². The van der Waals surface area contributed by atoms with E-state index in [2.05, 4.69) is 21.2 Å². The summed E-state index contributed by atoms with van der Waals surface area (Å²) in [4.78, 5) is 11.9. The molecule has 86 valence electrons. The van der Waals surface area contributed by atoms with Crippen LogP contribution in [0.15, 0.2) is 22.7 Å². The summed E-state index contributed by atoms with van der Waals surface area (Å²) in [5.74, 6) is 0.586. The first-order chi connectivity index (χ1) is 7.66. The number of anilines is 1. The van der Waals surface area contributed by atoms with Crippen LogP contribution in [-0.2, 0) is 0 Å². The van der Waals surface area contributed by atoms with E-state index in [1.807, 2.05) is 6.07 Å². The number of rotatable bonds is 3. The van der Waals surface area contributed by atoms with E-state index in [0.29, 0.717) is 17.2 Å². The number of hydrogen-bond donors (Lipinski definition) is 2. The maximum Gasteiger partial charge on any atom is 0.253 e. The van der Waals surface area contributed by atoms with Crippen molar-refractivity contribution in [1.82, 2.24) is 5.32 Å². The van der Waals surface area contributed by atoms with Gasteiger partial charge in [0, 0.05) is 16.7 Å². The first kappa shape index (κ1) is 11.5. The predicted octanol–water partition coefficient (Wildman–Crippen LogP) is 2.56. The molecular weight excluding hydrogens is 268 g/mol. The number of amides is 1. The van der Waals surface area contributed by atoms with Gasteiger partial charge in [0.2, 0.25) is 0 Å². The lowest BCUT2D eigenvalue weighted by molar-refractivity contribution is 0.0940. The average molecular weight is 283 g/mol. The van der Waals surface area contributed by atoms with Crippen molar-refractivity contribution in [3.8, 4) is 0 Å². The van der Waals surface area contributed by atoms with E-state index in [1.54, 1.807) is 12.1 Å². The maximum absolute atomic E-state index is 11.9. The number of benzene rings is 1. The molecule has 0 aromatic heterocycles. The number of nitrogen functional groups attached to an aromatic ring is 1. The van der Waals surface area contributed by atoms with E-state index in [1.165, 1.54) is 19.3 Å². The molecule has 2 rings (SSSR count). The molecule has 3 nitrogen and oxygen atoms in total. The van der Waals surface area contributed by atoms with E-state index >= 15 is 0 Å². The zero-order valence-corrected chi connectivity index (χ0v) is 10.6. The Labute approximate surface area is 104 Å². The van der Waals surface area contributed by atoms with Crippen LogP contribution in [0.5, 0.6) is 0 Å². The van der Waals surface area contributed by atoms with Crippen molar-refractivity contribution in [2.24, 2.45) is 5.92 Å². The summed E-state index contributed by atoms with van der Waals surface area (Å²) in [6.45, 7) is 0.769. The van der Waals surface area contributed by atoms with Gasteiger partial charge >= 0.3 is 0 Å². The molecule has 0 heterocycles. The molecule has 1 aromatic rings. The Morgan fingerprint density at radius 1 is 1.50 bits per heavy atom. The van der Waals surface area contributed by atoms with Crippen molar-refractivity contribution in [3.05, 3.63) is 28.2 Å². The highest BCUT2D eigenvalue weighted by Gasteiger charge is 2.18. The lowest BCUT2D eigenvalue weighted by Crippen LogP contribution is -2.32. The number of nitrogens with one attached hydrogen (secondary N) is 1. The summed E-state index contributed by atoms with van der Waals surface area (Å²) in [6.07, 6.45) is 3.75. The van der Waals surface area contributed by atoms with Crippen molar-refractivity contribution < 1.29 is 4.79 Å². The highest BCUT2D eigenvalue weighted by atomic mass is 79.9. The molecule has 0 atom stereocenters. The first-order valence-corrected chi connectivity index (χ1v) is 6.29. The third-order valence-corrected chi connectivity index (χ3v) is 3.53. The van der Waals surface area contributed by atoms with Gasteiger partial charge in [0.05, 0.1) is 5.56 Å². The van der Waals surface area contributed by atoms with Gasteiger partial charge in [-0.05, 0) is 37.0 Å². The molecule has 3 N–H and O–H groups in total. The highest BCUT2D eigenvalue weighted by Crippen LogP contribution is 2.25. The highest BCUT2D eigenvalue weighted by molar-refractivity contribution is 9.10. The molecule has 1 aliphatic carbocycles. The number of carbonyl (C=O) groups excluding carboxylic acids is 1. The number of hydrogen-bond acceptors (Lipinski definition) is 2. The van der Waals surface area contributed by atoms with Crippen LogP contribution in [0.25, 0.3) is 0 Å². The van der Waals surface area contributed by atoms with Crippen molar-refractivity contribution in [1.29, 1.82) is 0 Å². The summed E-state index contributed by atoms with van der Waals surface area (Å²) in [6, 6.07) is 5.33. The molecule has 0 aliphatic heterocycles. The second-order valence-electron chi connectivity index (χ2n) is 4.24. The van der Waals surface area contributed by atoms with Crippen LogP contribution in [0.3, 0.4) is 0 Å². The molecule has 0 unspecified atom stereocenters. The number of carbonyl (C=O) groups is 1. The standard InChI is InChI=1S/C12H15BrN2O/c13-9-4-5-11(14)10(6-9)12(16)15-7-8-2-1-3-8/h4-6,8H,1-3,7,14H2,(H,15,16). The fraction of sp³-hybridized carbons (Fsp3) is 0.417. The van der Waals surface area contributed by atoms with Crippen LogP contribution < -0.4 is 11.1 Å². The summed E-state index contributed by atoms with van der Waals surface area (Å²) in [7, 11) is 0. The molecule has 1 amide bonds. The minimum absolute atomic E-state index is 0.0781. The predicted molar refractivity (Wildman–Crippen MR) is 68.2 cm³/mol. The summed E-state index contributed by atoms with van der Waals surface area (Å²) in [5.41, 5.74) is 6.83. The molecule has 1 aliphatic rings. The fourth-order valence-electron chi connectivity index (χ4n) is 1.75. The lowest BCUT2D eigenvalue weighted by Gasteiger charge is -2.25. The molecule has 0 saturated heterocycles. The zero-order chi connectivity index (χ0) is 11.5. The fourth-order valence-corrected chi connectivity index (χ4v) is 2.12. The van der Waals surface area contributed by atoms with Gasteiger partial charge in [0.15, 0.2) is 0 Å². The molecular formula is C12H15BrN2O. The molecule has 4 heteroatoms. The Kier molecular flexibility index (Phi) is 3.49. The summed E-state index contributed by atoms with van der Waals surface area (Å²) in [5, 5.41) is 2.93. The molecule has 0 spiro atoms. The third-order valence-electron chi connectivity index (χ3n) is 3.04. The van der Waals surface area contributed by atoms with Crippen molar-refractivity contribution in [2.45, 2.75) is 19.3 Å². The van der Waals surface area contributed by atoms with Gasteiger partial charge in [-0.1, -0.05) is 22.4 Å². The van der Waals surface area contributed by atoms with Gasteiger partial charge in [0.25, 0.3) is 5.91 Å². The second-order valence-corrected chi connectivity index (χ2v) is 5.15. The zero-order valence-electron chi connectivity index (χ0n) is 9.00. The first-order valence-electron chi connectivity index (χ1n) is 5.50. The van der Waals surface area contributed by atoms with Crippen molar-refractivity contribution >= 4 is 27.5 Å². The van der Waals surface area contributed by atoms with Gasteiger partial charge in [-0.3, -0.25) is 4.79 Å². The number of halogens is 1. The molecule has 0 bridgehead atoms. The molecule has 16 heavy (non-hydrogen) atoms. The van der Waals surface area contributed by atoms with Crippen molar-refractivity contribution in [3.63, 3.8) is 0 Å². The monoisotopic (exact) mass is 282 g/mol. The number of nitrogens with two attached hydrogens (primary N) is 1. The Hall–Kier alpha value is -1.03. The third kappa shape index (κ3) is 2.55. The normalized spacial score (nSPS) is 15.6. The molecule has 0 radical (unpaired) electrons. The van der Waals surface area contributed by atoms with Crippen LogP contribution in [0.2, 0.25) is 0 Å².